The predicted octanol–water partition coefficient (Wildman–Crippen LogP) is -1.89. The molecule has 1 rings (SSSR count). The number of hydrogen-bond acceptors (Lipinski definition) is 5. The lowest BCUT2D eigenvalue weighted by molar-refractivity contribution is -0.143. The number of carboxylic acid groups (broad SMARTS) is 1. The summed E-state index contributed by atoms with van der Waals surface area (Å²) in [6.07, 6.45) is 2.63. The first-order valence-corrected chi connectivity index (χ1v) is 5.13. The Balaban J connectivity index is 2.41. The number of nitrogens with zero attached hydrogens (tertiary/aromatic N) is 3. The summed E-state index contributed by atoms with van der Waals surface area (Å²) >= 11 is 0. The molecule has 9 heteroatoms. The number of carbonyl (C=O) groups is 3. The SMILES string of the molecule is NC(=O)CC(NC(=O)CCn1ccnn1)C(=O)O. The molecule has 0 aromatic carbocycles. The molecule has 0 radical (unpaired) electrons. The van der Waals surface area contributed by atoms with Crippen molar-refractivity contribution in [3.05, 3.63) is 12.4 Å². The van der Waals surface area contributed by atoms with Crippen LogP contribution in [0, 0.1) is 0 Å². The van der Waals surface area contributed by atoms with Crippen molar-refractivity contribution in [2.24, 2.45) is 5.73 Å². The Kier molecular flexibility index (Phi) is 4.78. The first kappa shape index (κ1) is 13.6. The van der Waals surface area contributed by atoms with E-state index in [-0.39, 0.29) is 13.0 Å². The average molecular weight is 255 g/mol. The van der Waals surface area contributed by atoms with Gasteiger partial charge in [0.1, 0.15) is 6.04 Å². The predicted molar refractivity (Wildman–Crippen MR) is 58.0 cm³/mol. The molecule has 0 saturated heterocycles. The van der Waals surface area contributed by atoms with Crippen molar-refractivity contribution in [1.82, 2.24) is 20.3 Å². The molecule has 1 unspecified atom stereocenters. The zero-order chi connectivity index (χ0) is 13.5. The van der Waals surface area contributed by atoms with Crippen LogP contribution in [0.4, 0.5) is 0 Å². The van der Waals surface area contributed by atoms with Crippen molar-refractivity contribution in [1.29, 1.82) is 0 Å². The summed E-state index contributed by atoms with van der Waals surface area (Å²) in [5.41, 5.74) is 4.88. The van der Waals surface area contributed by atoms with Crippen molar-refractivity contribution in [3.8, 4) is 0 Å². The molecule has 0 saturated carbocycles. The van der Waals surface area contributed by atoms with Crippen molar-refractivity contribution in [2.75, 3.05) is 0 Å². The highest BCUT2D eigenvalue weighted by molar-refractivity contribution is 5.88. The largest absolute Gasteiger partial charge is 0.480 e. The maximum atomic E-state index is 11.4. The van der Waals surface area contributed by atoms with Gasteiger partial charge in [0.2, 0.25) is 11.8 Å². The summed E-state index contributed by atoms with van der Waals surface area (Å²) in [5.74, 6) is -2.60. The molecule has 4 N–H and O–H groups in total. The second-order valence-corrected chi connectivity index (χ2v) is 3.54. The Labute approximate surface area is 102 Å². The second kappa shape index (κ2) is 6.33. The Morgan fingerprint density at radius 1 is 1.44 bits per heavy atom. The molecule has 1 atom stereocenters. The maximum absolute atomic E-state index is 11.4. The zero-order valence-corrected chi connectivity index (χ0v) is 9.44. The van der Waals surface area contributed by atoms with Crippen molar-refractivity contribution in [2.45, 2.75) is 25.4 Å². The molecule has 1 aromatic heterocycles. The van der Waals surface area contributed by atoms with Gasteiger partial charge < -0.3 is 16.2 Å². The third kappa shape index (κ3) is 4.60. The number of primary amides is 1. The number of aromatic nitrogens is 3. The van der Waals surface area contributed by atoms with Gasteiger partial charge in [-0.25, -0.2) is 4.79 Å². The van der Waals surface area contributed by atoms with Crippen LogP contribution in [-0.4, -0.2) is 43.9 Å². The molecule has 0 aliphatic rings. The van der Waals surface area contributed by atoms with Gasteiger partial charge in [0.05, 0.1) is 19.2 Å². The number of carbonyl (C=O) groups excluding carboxylic acids is 2. The Morgan fingerprint density at radius 2 is 2.17 bits per heavy atom. The monoisotopic (exact) mass is 255 g/mol. The third-order valence-electron chi connectivity index (χ3n) is 2.08. The van der Waals surface area contributed by atoms with Crippen LogP contribution in [0.15, 0.2) is 12.4 Å². The molecule has 0 aliphatic heterocycles. The molecule has 0 aliphatic carbocycles. The molecular formula is C9H13N5O4. The topological polar surface area (TPSA) is 140 Å². The van der Waals surface area contributed by atoms with E-state index in [4.69, 9.17) is 10.8 Å². The quantitative estimate of drug-likeness (QED) is 0.520. The minimum Gasteiger partial charge on any atom is -0.480 e. The van der Waals surface area contributed by atoms with Gasteiger partial charge in [-0.15, -0.1) is 5.10 Å². The van der Waals surface area contributed by atoms with Crippen LogP contribution in [0.5, 0.6) is 0 Å². The second-order valence-electron chi connectivity index (χ2n) is 3.54. The Hall–Kier alpha value is -2.45. The number of aryl methyl sites for hydroxylation is 1. The van der Waals surface area contributed by atoms with Gasteiger partial charge in [-0.05, 0) is 0 Å². The van der Waals surface area contributed by atoms with Crippen LogP contribution < -0.4 is 11.1 Å². The lowest BCUT2D eigenvalue weighted by atomic mass is 10.2. The Bertz CT molecular complexity index is 430. The lowest BCUT2D eigenvalue weighted by Crippen LogP contribution is -2.43. The normalized spacial score (nSPS) is 11.8. The molecule has 0 spiro atoms. The van der Waals surface area contributed by atoms with Gasteiger partial charge in [-0.1, -0.05) is 5.21 Å². The van der Waals surface area contributed by atoms with Gasteiger partial charge in [0.15, 0.2) is 0 Å². The standard InChI is InChI=1S/C9H13N5O4/c10-7(15)5-6(9(17)18)12-8(16)1-3-14-4-2-11-13-14/h2,4,6H,1,3,5H2,(H2,10,15)(H,12,16)(H,17,18). The highest BCUT2D eigenvalue weighted by Gasteiger charge is 2.21. The molecule has 2 amide bonds. The average Bonchev–Trinajstić information content (AvgIpc) is 2.77. The summed E-state index contributed by atoms with van der Waals surface area (Å²) in [4.78, 5) is 32.8. The van der Waals surface area contributed by atoms with E-state index >= 15 is 0 Å². The number of carboxylic acids is 1. The van der Waals surface area contributed by atoms with E-state index < -0.39 is 30.2 Å². The number of amides is 2. The summed E-state index contributed by atoms with van der Waals surface area (Å²) in [7, 11) is 0. The summed E-state index contributed by atoms with van der Waals surface area (Å²) in [6.45, 7) is 0.273. The number of rotatable bonds is 7. The van der Waals surface area contributed by atoms with Crippen LogP contribution in [0.25, 0.3) is 0 Å². The summed E-state index contributed by atoms with van der Waals surface area (Å²) in [5, 5.41) is 18.2. The Morgan fingerprint density at radius 3 is 2.67 bits per heavy atom. The molecular weight excluding hydrogens is 242 g/mol. The van der Waals surface area contributed by atoms with E-state index in [0.717, 1.165) is 0 Å². The first-order chi connectivity index (χ1) is 8.49. The summed E-state index contributed by atoms with van der Waals surface area (Å²) < 4.78 is 1.43. The molecule has 0 fully saturated rings. The smallest absolute Gasteiger partial charge is 0.326 e. The zero-order valence-electron chi connectivity index (χ0n) is 9.44. The summed E-state index contributed by atoms with van der Waals surface area (Å²) in [6, 6.07) is -1.30. The van der Waals surface area contributed by atoms with E-state index in [0.29, 0.717) is 0 Å². The first-order valence-electron chi connectivity index (χ1n) is 5.13. The van der Waals surface area contributed by atoms with Gasteiger partial charge >= 0.3 is 5.97 Å². The molecule has 18 heavy (non-hydrogen) atoms. The number of aliphatic carboxylic acids is 1. The number of nitrogens with two attached hydrogens (primary N) is 1. The van der Waals surface area contributed by atoms with Crippen molar-refractivity contribution >= 4 is 17.8 Å². The maximum Gasteiger partial charge on any atom is 0.326 e. The number of hydrogen-bond donors (Lipinski definition) is 3. The highest BCUT2D eigenvalue weighted by atomic mass is 16.4. The molecule has 1 aromatic rings. The lowest BCUT2D eigenvalue weighted by Gasteiger charge is -2.12. The fraction of sp³-hybridized carbons (Fsp3) is 0.444. The van der Waals surface area contributed by atoms with Crippen LogP contribution >= 0.6 is 0 Å². The van der Waals surface area contributed by atoms with Crippen molar-refractivity contribution in [3.63, 3.8) is 0 Å². The highest BCUT2D eigenvalue weighted by Crippen LogP contribution is 1.94. The molecule has 0 bridgehead atoms. The van der Waals surface area contributed by atoms with Crippen LogP contribution in [-0.2, 0) is 20.9 Å². The van der Waals surface area contributed by atoms with Gasteiger partial charge in [-0.2, -0.15) is 0 Å². The van der Waals surface area contributed by atoms with Crippen LogP contribution in [0.1, 0.15) is 12.8 Å². The fourth-order valence-corrected chi connectivity index (χ4v) is 1.24. The van der Waals surface area contributed by atoms with E-state index in [1.165, 1.54) is 10.9 Å². The number of nitrogens with one attached hydrogen (secondary N) is 1. The van der Waals surface area contributed by atoms with Gasteiger partial charge in [0, 0.05) is 12.6 Å². The van der Waals surface area contributed by atoms with Crippen LogP contribution in [0.2, 0.25) is 0 Å². The molecule has 1 heterocycles. The van der Waals surface area contributed by atoms with E-state index in [1.807, 2.05) is 0 Å². The molecule has 98 valence electrons. The van der Waals surface area contributed by atoms with E-state index in [1.54, 1.807) is 6.20 Å². The minimum atomic E-state index is -1.30. The van der Waals surface area contributed by atoms with Crippen molar-refractivity contribution < 1.29 is 19.5 Å². The van der Waals surface area contributed by atoms with E-state index in [9.17, 15) is 14.4 Å². The van der Waals surface area contributed by atoms with Gasteiger partial charge in [-0.3, -0.25) is 14.3 Å². The molecule has 9 nitrogen and oxygen atoms in total. The minimum absolute atomic E-state index is 0.0336. The van der Waals surface area contributed by atoms with Crippen LogP contribution in [0.3, 0.4) is 0 Å². The van der Waals surface area contributed by atoms with E-state index in [2.05, 4.69) is 15.6 Å². The van der Waals surface area contributed by atoms with Gasteiger partial charge in [0.25, 0.3) is 0 Å². The third-order valence-corrected chi connectivity index (χ3v) is 2.08. The fourth-order valence-electron chi connectivity index (χ4n) is 1.24.